The van der Waals surface area contributed by atoms with E-state index in [-0.39, 0.29) is 38.2 Å². The van der Waals surface area contributed by atoms with Gasteiger partial charge in [0.25, 0.3) is 0 Å². The Labute approximate surface area is 262 Å². The summed E-state index contributed by atoms with van der Waals surface area (Å²) >= 11 is 6.83. The molecule has 4 fully saturated rings. The van der Waals surface area contributed by atoms with Gasteiger partial charge in [-0.3, -0.25) is 24.0 Å². The normalized spacial score (nSPS) is 41.6. The molecule has 1 spiro atoms. The van der Waals surface area contributed by atoms with Crippen molar-refractivity contribution in [1.82, 2.24) is 0 Å². The summed E-state index contributed by atoms with van der Waals surface area (Å²) in [6.45, 7) is 14.5. The number of halogens is 1. The maximum Gasteiger partial charge on any atom is 0.312 e. The second kappa shape index (κ2) is 12.2. The Kier molecular flexibility index (Phi) is 9.51. The first-order chi connectivity index (χ1) is 20.4. The number of epoxide rings is 1. The van der Waals surface area contributed by atoms with Gasteiger partial charge >= 0.3 is 29.8 Å². The first kappa shape index (κ1) is 34.2. The van der Waals surface area contributed by atoms with Gasteiger partial charge < -0.3 is 33.5 Å². The molecule has 0 bridgehead atoms. The third-order valence-electron chi connectivity index (χ3n) is 9.68. The lowest BCUT2D eigenvalue weighted by atomic mass is 9.51. The quantitative estimate of drug-likeness (QED) is 0.148. The van der Waals surface area contributed by atoms with Crippen LogP contribution >= 0.6 is 11.6 Å². The highest BCUT2D eigenvalue weighted by molar-refractivity contribution is 6.23. The van der Waals surface area contributed by atoms with Crippen LogP contribution in [-0.2, 0) is 52.4 Å². The molecule has 2 saturated carbocycles. The third-order valence-corrected chi connectivity index (χ3v) is 10.2. The summed E-state index contributed by atoms with van der Waals surface area (Å²) < 4.78 is 35.6. The number of fused-ring (bicyclic) bond motifs is 3. The lowest BCUT2D eigenvalue weighted by Gasteiger charge is -2.58. The van der Waals surface area contributed by atoms with Crippen molar-refractivity contribution in [3.8, 4) is 0 Å². The molecule has 4 aliphatic rings. The Morgan fingerprint density at radius 3 is 2.11 bits per heavy atom. The molecule has 0 radical (unpaired) electrons. The number of ether oxygens (including phenoxy) is 6. The van der Waals surface area contributed by atoms with E-state index in [2.05, 4.69) is 6.58 Å². The van der Waals surface area contributed by atoms with Gasteiger partial charge in [-0.1, -0.05) is 32.9 Å². The minimum atomic E-state index is -2.26. The van der Waals surface area contributed by atoms with Crippen LogP contribution < -0.4 is 0 Å². The molecular formula is C31H43ClO12. The predicted octanol–water partition coefficient (Wildman–Crippen LogP) is 2.78. The molecule has 2 aliphatic carbocycles. The molecule has 44 heavy (non-hydrogen) atoms. The predicted molar refractivity (Wildman–Crippen MR) is 153 cm³/mol. The second-order valence-electron chi connectivity index (χ2n) is 13.2. The number of carbonyl (C=O) groups excluding carboxylic acids is 5. The van der Waals surface area contributed by atoms with Crippen LogP contribution in [0, 0.1) is 23.2 Å². The van der Waals surface area contributed by atoms with Gasteiger partial charge in [0.15, 0.2) is 11.7 Å². The Balaban J connectivity index is 2.04. The first-order valence-electron chi connectivity index (χ1n) is 15.0. The smallest absolute Gasteiger partial charge is 0.312 e. The standard InChI is InChI=1S/C31H43ClO12/c1-14(2)11-23(36)43-21-12-22(41-18(6)34)30(13-39-30)25-27(42-19(7)35)31(38)16(4)28(37)44-26(31)24(32)15(3)9-10-20(29(21,25)8)40-17(5)33/h14,16,20-22,24-27,38H,3,9-13H2,1-2,4-8H3/t16-,20-,21-,22+,24-,25+,26-,27-,29-,30+,31-/m0/s1. The van der Waals surface area contributed by atoms with Crippen LogP contribution in [0.3, 0.4) is 0 Å². The fourth-order valence-electron chi connectivity index (χ4n) is 7.51. The van der Waals surface area contributed by atoms with E-state index in [1.54, 1.807) is 6.92 Å². The second-order valence-corrected chi connectivity index (χ2v) is 13.7. The van der Waals surface area contributed by atoms with Crippen LogP contribution in [0.2, 0.25) is 0 Å². The lowest BCUT2D eigenvalue weighted by molar-refractivity contribution is -0.260. The van der Waals surface area contributed by atoms with E-state index in [4.69, 9.17) is 40.0 Å². The Hall–Kier alpha value is -2.70. The summed E-state index contributed by atoms with van der Waals surface area (Å²) in [5.41, 5.74) is -4.69. The summed E-state index contributed by atoms with van der Waals surface area (Å²) in [5.74, 6) is -5.87. The van der Waals surface area contributed by atoms with Gasteiger partial charge in [0.2, 0.25) is 0 Å². The number of rotatable bonds is 6. The summed E-state index contributed by atoms with van der Waals surface area (Å²) in [6.07, 6.45) is -5.78. The molecule has 1 N–H and O–H groups in total. The molecule has 246 valence electrons. The van der Waals surface area contributed by atoms with E-state index in [0.717, 1.165) is 6.92 Å². The SMILES string of the molecule is C=C1CC[C@H](OC(C)=O)[C@@]2(C)[C@@H](OC(=O)CC(C)C)C[C@@H](OC(C)=O)[C@]3(CO3)[C@@H]2[C@H](OC(C)=O)[C@]2(O)[C@@H](C)C(=O)O[C@H]2[C@H]1Cl. The molecule has 11 atom stereocenters. The maximum absolute atomic E-state index is 13.2. The van der Waals surface area contributed by atoms with Crippen molar-refractivity contribution in [2.45, 2.75) is 121 Å². The number of carbonyl (C=O) groups is 5. The van der Waals surface area contributed by atoms with Gasteiger partial charge in [-0.25, -0.2) is 0 Å². The van der Waals surface area contributed by atoms with E-state index >= 15 is 0 Å². The van der Waals surface area contributed by atoms with Crippen molar-refractivity contribution in [3.05, 3.63) is 12.2 Å². The fourth-order valence-corrected chi connectivity index (χ4v) is 7.87. The number of aliphatic hydroxyl groups is 1. The first-order valence-corrected chi connectivity index (χ1v) is 15.4. The highest BCUT2D eigenvalue weighted by Crippen LogP contribution is 2.63. The maximum atomic E-state index is 13.2. The van der Waals surface area contributed by atoms with Gasteiger partial charge in [-0.2, -0.15) is 0 Å². The van der Waals surface area contributed by atoms with Crippen LogP contribution in [0.4, 0.5) is 0 Å². The van der Waals surface area contributed by atoms with E-state index in [1.165, 1.54) is 20.8 Å². The molecule has 0 unspecified atom stereocenters. The van der Waals surface area contributed by atoms with Gasteiger partial charge in [-0.15, -0.1) is 11.6 Å². The summed E-state index contributed by atoms with van der Waals surface area (Å²) in [7, 11) is 0. The Morgan fingerprint density at radius 2 is 1.59 bits per heavy atom. The van der Waals surface area contributed by atoms with E-state index in [0.29, 0.717) is 5.57 Å². The summed E-state index contributed by atoms with van der Waals surface area (Å²) in [6, 6.07) is 0. The summed E-state index contributed by atoms with van der Waals surface area (Å²) in [5, 5.41) is 11.6. The number of esters is 5. The Morgan fingerprint density at radius 1 is 1.02 bits per heavy atom. The zero-order chi connectivity index (χ0) is 32.9. The Bertz CT molecular complexity index is 1210. The van der Waals surface area contributed by atoms with E-state index in [9.17, 15) is 29.1 Å². The monoisotopic (exact) mass is 642 g/mol. The van der Waals surface area contributed by atoms with Crippen LogP contribution in [0.5, 0.6) is 0 Å². The number of alkyl halides is 1. The molecule has 4 rings (SSSR count). The average molecular weight is 643 g/mol. The molecular weight excluding hydrogens is 600 g/mol. The highest BCUT2D eigenvalue weighted by Gasteiger charge is 2.78. The molecule has 2 aliphatic heterocycles. The topological polar surface area (TPSA) is 164 Å². The van der Waals surface area contributed by atoms with Crippen LogP contribution in [0.15, 0.2) is 12.2 Å². The molecule has 2 heterocycles. The molecule has 0 aromatic heterocycles. The van der Waals surface area contributed by atoms with Gasteiger partial charge in [0.05, 0.1) is 23.3 Å². The van der Waals surface area contributed by atoms with Crippen molar-refractivity contribution in [2.75, 3.05) is 6.61 Å². The van der Waals surface area contributed by atoms with Crippen molar-refractivity contribution >= 4 is 41.4 Å². The zero-order valence-corrected chi connectivity index (χ0v) is 27.0. The van der Waals surface area contributed by atoms with E-state index in [1.807, 2.05) is 13.8 Å². The van der Waals surface area contributed by atoms with Crippen molar-refractivity contribution < 1.29 is 57.5 Å². The number of hydrogen-bond donors (Lipinski definition) is 1. The van der Waals surface area contributed by atoms with Crippen molar-refractivity contribution in [3.63, 3.8) is 0 Å². The zero-order valence-electron chi connectivity index (χ0n) is 26.3. The highest BCUT2D eigenvalue weighted by atomic mass is 35.5. The lowest BCUT2D eigenvalue weighted by Crippen LogP contribution is -2.72. The van der Waals surface area contributed by atoms with Crippen LogP contribution in [-0.4, -0.2) is 88.7 Å². The van der Waals surface area contributed by atoms with Crippen molar-refractivity contribution in [1.29, 1.82) is 0 Å². The molecule has 0 aromatic carbocycles. The minimum absolute atomic E-state index is 0.00334. The molecule has 0 amide bonds. The van der Waals surface area contributed by atoms with E-state index < -0.39 is 94.2 Å². The largest absolute Gasteiger partial charge is 0.462 e. The van der Waals surface area contributed by atoms with Gasteiger partial charge in [0.1, 0.15) is 30.0 Å². The third kappa shape index (κ3) is 5.85. The molecule has 13 heteroatoms. The molecule has 12 nitrogen and oxygen atoms in total. The fraction of sp³-hybridized carbons (Fsp3) is 0.774. The average Bonchev–Trinajstić information content (AvgIpc) is 3.65. The van der Waals surface area contributed by atoms with Crippen LogP contribution in [0.25, 0.3) is 0 Å². The van der Waals surface area contributed by atoms with Gasteiger partial charge in [-0.05, 0) is 25.7 Å². The number of hydrogen-bond acceptors (Lipinski definition) is 12. The van der Waals surface area contributed by atoms with Crippen molar-refractivity contribution in [2.24, 2.45) is 23.2 Å². The van der Waals surface area contributed by atoms with Gasteiger partial charge in [0, 0.05) is 39.5 Å². The van der Waals surface area contributed by atoms with Crippen LogP contribution in [0.1, 0.15) is 74.1 Å². The molecule has 0 aromatic rings. The summed E-state index contributed by atoms with van der Waals surface area (Å²) in [4.78, 5) is 64.2. The molecule has 2 saturated heterocycles. The minimum Gasteiger partial charge on any atom is -0.462 e.